The third kappa shape index (κ3) is 6.03. The van der Waals surface area contributed by atoms with Crippen LogP contribution in [0.2, 0.25) is 0 Å². The van der Waals surface area contributed by atoms with Gasteiger partial charge in [-0.05, 0) is 25.7 Å². The molecule has 1 N–H and O–H groups in total. The van der Waals surface area contributed by atoms with Gasteiger partial charge in [0.15, 0.2) is 0 Å². The smallest absolute Gasteiger partial charge is 0.246 e. The first-order valence-electron chi connectivity index (χ1n) is 6.60. The molecule has 4 nitrogen and oxygen atoms in total. The molecule has 0 aromatic rings. The number of carbonyl (C=O) groups excluding carboxylic acids is 1. The Kier molecular flexibility index (Phi) is 7.21. The number of amides is 1. The zero-order chi connectivity index (χ0) is 12.5. The lowest BCUT2D eigenvalue weighted by molar-refractivity contribution is -0.127. The highest BCUT2D eigenvalue weighted by atomic mass is 16.5. The first-order valence-corrected chi connectivity index (χ1v) is 6.60. The SMILES string of the molecule is COCCOCC(=O)N[C@@H](C)C1CCCCC1. The summed E-state index contributed by atoms with van der Waals surface area (Å²) in [4.78, 5) is 11.6. The van der Waals surface area contributed by atoms with Crippen molar-refractivity contribution in [1.82, 2.24) is 5.32 Å². The third-order valence-electron chi connectivity index (χ3n) is 3.41. The van der Waals surface area contributed by atoms with Crippen molar-refractivity contribution in [3.8, 4) is 0 Å². The molecule has 0 saturated heterocycles. The van der Waals surface area contributed by atoms with Crippen LogP contribution in [0.25, 0.3) is 0 Å². The van der Waals surface area contributed by atoms with Crippen LogP contribution in [0, 0.1) is 5.92 Å². The van der Waals surface area contributed by atoms with Gasteiger partial charge in [0.2, 0.25) is 5.91 Å². The van der Waals surface area contributed by atoms with Crippen LogP contribution in [-0.2, 0) is 14.3 Å². The quantitative estimate of drug-likeness (QED) is 0.693. The second-order valence-electron chi connectivity index (χ2n) is 4.80. The van der Waals surface area contributed by atoms with E-state index in [9.17, 15) is 4.79 Å². The highest BCUT2D eigenvalue weighted by Crippen LogP contribution is 2.26. The molecule has 0 spiro atoms. The van der Waals surface area contributed by atoms with Crippen molar-refractivity contribution in [2.24, 2.45) is 5.92 Å². The Labute approximate surface area is 104 Å². The normalized spacial score (nSPS) is 18.9. The molecule has 1 fully saturated rings. The van der Waals surface area contributed by atoms with Gasteiger partial charge in [0.1, 0.15) is 6.61 Å². The first-order chi connectivity index (χ1) is 8.24. The molecule has 1 aliphatic rings. The molecule has 0 aliphatic heterocycles. The predicted octanol–water partition coefficient (Wildman–Crippen LogP) is 1.73. The van der Waals surface area contributed by atoms with E-state index in [0.717, 1.165) is 0 Å². The van der Waals surface area contributed by atoms with E-state index in [1.807, 2.05) is 0 Å². The molecule has 4 heteroatoms. The van der Waals surface area contributed by atoms with Crippen molar-refractivity contribution in [3.05, 3.63) is 0 Å². The summed E-state index contributed by atoms with van der Waals surface area (Å²) >= 11 is 0. The van der Waals surface area contributed by atoms with Gasteiger partial charge < -0.3 is 14.8 Å². The van der Waals surface area contributed by atoms with Crippen LogP contribution in [-0.4, -0.2) is 38.9 Å². The lowest BCUT2D eigenvalue weighted by Crippen LogP contribution is -2.40. The minimum atomic E-state index is -0.0147. The lowest BCUT2D eigenvalue weighted by Gasteiger charge is -2.28. The van der Waals surface area contributed by atoms with E-state index in [1.165, 1.54) is 32.1 Å². The number of hydrogen-bond acceptors (Lipinski definition) is 3. The van der Waals surface area contributed by atoms with Crippen molar-refractivity contribution >= 4 is 5.91 Å². The van der Waals surface area contributed by atoms with Crippen molar-refractivity contribution in [2.45, 2.75) is 45.1 Å². The number of methoxy groups -OCH3 is 1. The molecule has 0 aromatic carbocycles. The van der Waals surface area contributed by atoms with E-state index in [0.29, 0.717) is 19.1 Å². The highest BCUT2D eigenvalue weighted by molar-refractivity contribution is 5.77. The summed E-state index contributed by atoms with van der Waals surface area (Å²) < 4.78 is 10.0. The van der Waals surface area contributed by atoms with E-state index in [1.54, 1.807) is 7.11 Å². The Morgan fingerprint density at radius 2 is 2.00 bits per heavy atom. The fourth-order valence-electron chi connectivity index (χ4n) is 2.35. The summed E-state index contributed by atoms with van der Waals surface area (Å²) in [6, 6.07) is 0.272. The van der Waals surface area contributed by atoms with Gasteiger partial charge in [-0.2, -0.15) is 0 Å². The number of nitrogens with one attached hydrogen (secondary N) is 1. The molecule has 0 unspecified atom stereocenters. The molecule has 1 atom stereocenters. The van der Waals surface area contributed by atoms with Gasteiger partial charge in [0, 0.05) is 13.2 Å². The zero-order valence-corrected chi connectivity index (χ0v) is 11.0. The van der Waals surface area contributed by atoms with Crippen LogP contribution < -0.4 is 5.32 Å². The van der Waals surface area contributed by atoms with E-state index in [4.69, 9.17) is 9.47 Å². The summed E-state index contributed by atoms with van der Waals surface area (Å²) in [6.07, 6.45) is 6.43. The first kappa shape index (κ1) is 14.5. The Morgan fingerprint density at radius 1 is 1.29 bits per heavy atom. The topological polar surface area (TPSA) is 47.6 Å². The fraction of sp³-hybridized carbons (Fsp3) is 0.923. The minimum absolute atomic E-state index is 0.0147. The second-order valence-corrected chi connectivity index (χ2v) is 4.80. The molecule has 100 valence electrons. The van der Waals surface area contributed by atoms with E-state index < -0.39 is 0 Å². The molecule has 0 bridgehead atoms. The van der Waals surface area contributed by atoms with Gasteiger partial charge in [0.25, 0.3) is 0 Å². The van der Waals surface area contributed by atoms with Crippen LogP contribution >= 0.6 is 0 Å². The van der Waals surface area contributed by atoms with Crippen molar-refractivity contribution in [3.63, 3.8) is 0 Å². The number of hydrogen-bond donors (Lipinski definition) is 1. The Morgan fingerprint density at radius 3 is 2.65 bits per heavy atom. The van der Waals surface area contributed by atoms with Gasteiger partial charge >= 0.3 is 0 Å². The van der Waals surface area contributed by atoms with Gasteiger partial charge in [0.05, 0.1) is 13.2 Å². The average Bonchev–Trinajstić information content (AvgIpc) is 2.36. The Hall–Kier alpha value is -0.610. The molecule has 0 radical (unpaired) electrons. The van der Waals surface area contributed by atoms with Crippen LogP contribution in [0.5, 0.6) is 0 Å². The number of ether oxygens (including phenoxy) is 2. The van der Waals surface area contributed by atoms with Crippen molar-refractivity contribution < 1.29 is 14.3 Å². The molecular weight excluding hydrogens is 218 g/mol. The largest absolute Gasteiger partial charge is 0.382 e. The Bertz CT molecular complexity index is 215. The predicted molar refractivity (Wildman–Crippen MR) is 66.9 cm³/mol. The number of rotatable bonds is 7. The summed E-state index contributed by atoms with van der Waals surface area (Å²) in [6.45, 7) is 3.25. The fourth-order valence-corrected chi connectivity index (χ4v) is 2.35. The minimum Gasteiger partial charge on any atom is -0.382 e. The standard InChI is InChI=1S/C13H25NO3/c1-11(12-6-4-3-5-7-12)14-13(15)10-17-9-8-16-2/h11-12H,3-10H2,1-2H3,(H,14,15)/t11-/m0/s1. The van der Waals surface area contributed by atoms with Gasteiger partial charge in [-0.25, -0.2) is 0 Å². The maximum atomic E-state index is 11.6. The van der Waals surface area contributed by atoms with Gasteiger partial charge in [-0.15, -0.1) is 0 Å². The summed E-state index contributed by atoms with van der Waals surface area (Å²) in [5, 5.41) is 3.02. The van der Waals surface area contributed by atoms with E-state index >= 15 is 0 Å². The van der Waals surface area contributed by atoms with Gasteiger partial charge in [-0.1, -0.05) is 19.3 Å². The molecule has 1 amide bonds. The highest BCUT2D eigenvalue weighted by Gasteiger charge is 2.21. The van der Waals surface area contributed by atoms with Crippen LogP contribution in [0.15, 0.2) is 0 Å². The summed E-state index contributed by atoms with van der Waals surface area (Å²) in [5.41, 5.74) is 0. The average molecular weight is 243 g/mol. The van der Waals surface area contributed by atoms with E-state index in [2.05, 4.69) is 12.2 Å². The molecule has 0 heterocycles. The molecule has 1 rings (SSSR count). The van der Waals surface area contributed by atoms with E-state index in [-0.39, 0.29) is 18.6 Å². The van der Waals surface area contributed by atoms with Crippen LogP contribution in [0.1, 0.15) is 39.0 Å². The third-order valence-corrected chi connectivity index (χ3v) is 3.41. The lowest BCUT2D eigenvalue weighted by atomic mass is 9.84. The zero-order valence-electron chi connectivity index (χ0n) is 11.0. The van der Waals surface area contributed by atoms with Crippen LogP contribution in [0.3, 0.4) is 0 Å². The summed E-state index contributed by atoms with van der Waals surface area (Å²) in [7, 11) is 1.62. The van der Waals surface area contributed by atoms with Crippen LogP contribution in [0.4, 0.5) is 0 Å². The molecule has 0 aromatic heterocycles. The molecule has 1 aliphatic carbocycles. The van der Waals surface area contributed by atoms with Gasteiger partial charge in [-0.3, -0.25) is 4.79 Å². The molecule has 1 saturated carbocycles. The molecular formula is C13H25NO3. The Balaban J connectivity index is 2.11. The van der Waals surface area contributed by atoms with Crippen molar-refractivity contribution in [2.75, 3.05) is 26.9 Å². The maximum Gasteiger partial charge on any atom is 0.246 e. The molecule has 17 heavy (non-hydrogen) atoms. The van der Waals surface area contributed by atoms with Crippen molar-refractivity contribution in [1.29, 1.82) is 0 Å². The monoisotopic (exact) mass is 243 g/mol. The number of carbonyl (C=O) groups is 1. The summed E-state index contributed by atoms with van der Waals surface area (Å²) in [5.74, 6) is 0.630. The second kappa shape index (κ2) is 8.48. The maximum absolute atomic E-state index is 11.6.